The highest BCUT2D eigenvalue weighted by Crippen LogP contribution is 2.32. The molecule has 0 atom stereocenters. The summed E-state index contributed by atoms with van der Waals surface area (Å²) in [6, 6.07) is 1.97. The second kappa shape index (κ2) is 5.84. The van der Waals surface area contributed by atoms with Crippen LogP contribution in [0, 0.1) is 0 Å². The molecule has 0 bridgehead atoms. The molecule has 0 aliphatic heterocycles. The summed E-state index contributed by atoms with van der Waals surface area (Å²) in [5.74, 6) is 1.69. The molecule has 0 unspecified atom stereocenters. The molecule has 0 spiro atoms. The van der Waals surface area contributed by atoms with Gasteiger partial charge in [0.1, 0.15) is 11.4 Å². The molecule has 2 rings (SSSR count). The van der Waals surface area contributed by atoms with Crippen molar-refractivity contribution in [3.05, 3.63) is 23.5 Å². The Balaban J connectivity index is 2.12. The number of oxazole rings is 1. The maximum Gasteiger partial charge on any atom is 0.181 e. The van der Waals surface area contributed by atoms with Crippen LogP contribution in [-0.2, 0) is 6.54 Å². The zero-order chi connectivity index (χ0) is 12.1. The Labute approximate surface area is 105 Å². The average Bonchev–Trinajstić information content (AvgIpc) is 2.96. The summed E-state index contributed by atoms with van der Waals surface area (Å²) in [4.78, 5) is 5.28. The lowest BCUT2D eigenvalue weighted by Gasteiger charge is -2.00. The maximum absolute atomic E-state index is 5.44. The molecular weight excluding hydrogens is 236 g/mol. The fourth-order valence-corrected chi connectivity index (χ4v) is 2.39. The van der Waals surface area contributed by atoms with Gasteiger partial charge in [-0.15, -0.1) is 11.3 Å². The average molecular weight is 252 g/mol. The summed E-state index contributed by atoms with van der Waals surface area (Å²) < 4.78 is 10.6. The van der Waals surface area contributed by atoms with Crippen molar-refractivity contribution < 1.29 is 9.15 Å². The Kier molecular flexibility index (Phi) is 4.17. The normalized spacial score (nSPS) is 10.7. The number of nitrogens with one attached hydrogen (secondary N) is 1. The topological polar surface area (TPSA) is 47.3 Å². The molecule has 0 aliphatic carbocycles. The highest BCUT2D eigenvalue weighted by Gasteiger charge is 2.12. The van der Waals surface area contributed by atoms with Crippen molar-refractivity contribution in [2.75, 3.05) is 13.7 Å². The number of methoxy groups -OCH3 is 1. The van der Waals surface area contributed by atoms with Crippen molar-refractivity contribution >= 4 is 11.3 Å². The third kappa shape index (κ3) is 2.87. The molecule has 0 radical (unpaired) electrons. The molecule has 92 valence electrons. The molecule has 0 saturated heterocycles. The molecule has 0 fully saturated rings. The largest absolute Gasteiger partial charge is 0.496 e. The van der Waals surface area contributed by atoms with Crippen molar-refractivity contribution in [2.24, 2.45) is 0 Å². The molecule has 2 aromatic rings. The summed E-state index contributed by atoms with van der Waals surface area (Å²) in [6.45, 7) is 3.86. The summed E-state index contributed by atoms with van der Waals surface area (Å²) in [5, 5.41) is 5.28. The molecule has 1 N–H and O–H groups in total. The summed E-state index contributed by atoms with van der Waals surface area (Å²) >= 11 is 1.60. The quantitative estimate of drug-likeness (QED) is 0.803. The first-order valence-corrected chi connectivity index (χ1v) is 6.49. The number of aromatic nitrogens is 1. The molecule has 17 heavy (non-hydrogen) atoms. The van der Waals surface area contributed by atoms with Crippen LogP contribution in [0.3, 0.4) is 0 Å². The van der Waals surface area contributed by atoms with Gasteiger partial charge in [0.05, 0.1) is 12.0 Å². The number of ether oxygens (including phenoxy) is 1. The van der Waals surface area contributed by atoms with Crippen LogP contribution in [-0.4, -0.2) is 18.6 Å². The smallest absolute Gasteiger partial charge is 0.181 e. The van der Waals surface area contributed by atoms with Crippen molar-refractivity contribution in [3.8, 4) is 16.4 Å². The lowest BCUT2D eigenvalue weighted by Crippen LogP contribution is -2.14. The van der Waals surface area contributed by atoms with Gasteiger partial charge in [-0.25, -0.2) is 4.98 Å². The van der Waals surface area contributed by atoms with Gasteiger partial charge in [-0.3, -0.25) is 0 Å². The third-order valence-electron chi connectivity index (χ3n) is 2.40. The van der Waals surface area contributed by atoms with Crippen molar-refractivity contribution in [3.63, 3.8) is 0 Å². The van der Waals surface area contributed by atoms with Crippen LogP contribution in [0.4, 0.5) is 0 Å². The van der Waals surface area contributed by atoms with Gasteiger partial charge in [0.15, 0.2) is 12.2 Å². The minimum absolute atomic E-state index is 0.736. The van der Waals surface area contributed by atoms with Gasteiger partial charge in [-0.05, 0) is 13.0 Å². The Morgan fingerprint density at radius 3 is 3.12 bits per heavy atom. The van der Waals surface area contributed by atoms with Crippen LogP contribution in [0.1, 0.15) is 19.0 Å². The Morgan fingerprint density at radius 1 is 1.53 bits per heavy atom. The van der Waals surface area contributed by atoms with E-state index < -0.39 is 0 Å². The number of rotatable bonds is 6. The van der Waals surface area contributed by atoms with Gasteiger partial charge < -0.3 is 14.5 Å². The van der Waals surface area contributed by atoms with Crippen molar-refractivity contribution in [2.45, 2.75) is 19.9 Å². The van der Waals surface area contributed by atoms with Gasteiger partial charge in [0, 0.05) is 18.0 Å². The molecule has 2 heterocycles. The van der Waals surface area contributed by atoms with E-state index in [1.165, 1.54) is 6.39 Å². The molecule has 0 aromatic carbocycles. The first-order chi connectivity index (χ1) is 8.35. The van der Waals surface area contributed by atoms with E-state index in [0.29, 0.717) is 0 Å². The zero-order valence-electron chi connectivity index (χ0n) is 10.0. The van der Waals surface area contributed by atoms with Crippen LogP contribution in [0.2, 0.25) is 0 Å². The number of hydrogen-bond donors (Lipinski definition) is 1. The Hall–Kier alpha value is -1.33. The second-order valence-electron chi connectivity index (χ2n) is 3.66. The van der Waals surface area contributed by atoms with Crippen molar-refractivity contribution in [1.82, 2.24) is 10.3 Å². The predicted molar refractivity (Wildman–Crippen MR) is 68.4 cm³/mol. The van der Waals surface area contributed by atoms with Gasteiger partial charge in [0.2, 0.25) is 0 Å². The van der Waals surface area contributed by atoms with E-state index in [1.807, 2.05) is 11.4 Å². The van der Waals surface area contributed by atoms with E-state index in [0.717, 1.165) is 41.6 Å². The third-order valence-corrected chi connectivity index (χ3v) is 3.30. The molecule has 5 heteroatoms. The molecule has 4 nitrogen and oxygen atoms in total. The fourth-order valence-electron chi connectivity index (χ4n) is 1.52. The first kappa shape index (κ1) is 12.1. The number of thiophene rings is 1. The minimum atomic E-state index is 0.736. The Bertz CT molecular complexity index is 465. The van der Waals surface area contributed by atoms with E-state index in [9.17, 15) is 0 Å². The van der Waals surface area contributed by atoms with Gasteiger partial charge in [-0.1, -0.05) is 6.92 Å². The first-order valence-electron chi connectivity index (χ1n) is 5.61. The van der Waals surface area contributed by atoms with E-state index in [2.05, 4.69) is 17.2 Å². The highest BCUT2D eigenvalue weighted by atomic mass is 32.1. The number of hydrogen-bond acceptors (Lipinski definition) is 5. The van der Waals surface area contributed by atoms with Gasteiger partial charge in [0.25, 0.3) is 0 Å². The van der Waals surface area contributed by atoms with Gasteiger partial charge >= 0.3 is 0 Å². The van der Waals surface area contributed by atoms with E-state index in [1.54, 1.807) is 18.4 Å². The van der Waals surface area contributed by atoms with Crippen molar-refractivity contribution in [1.29, 1.82) is 0 Å². The predicted octanol–water partition coefficient (Wildman–Crippen LogP) is 2.91. The summed E-state index contributed by atoms with van der Waals surface area (Å²) in [6.07, 6.45) is 2.60. The monoisotopic (exact) mass is 252 g/mol. The number of nitrogens with zero attached hydrogens (tertiary/aromatic N) is 1. The van der Waals surface area contributed by atoms with Crippen LogP contribution < -0.4 is 10.1 Å². The minimum Gasteiger partial charge on any atom is -0.496 e. The van der Waals surface area contributed by atoms with Crippen LogP contribution in [0.5, 0.6) is 5.75 Å². The maximum atomic E-state index is 5.44. The Morgan fingerprint density at radius 2 is 2.41 bits per heavy atom. The zero-order valence-corrected chi connectivity index (χ0v) is 10.8. The molecule has 2 aromatic heterocycles. The van der Waals surface area contributed by atoms with Crippen LogP contribution >= 0.6 is 11.3 Å². The fraction of sp³-hybridized carbons (Fsp3) is 0.417. The van der Waals surface area contributed by atoms with E-state index in [-0.39, 0.29) is 0 Å². The molecular formula is C12H16N2O2S. The lowest BCUT2D eigenvalue weighted by atomic mass is 10.3. The van der Waals surface area contributed by atoms with Gasteiger partial charge in [-0.2, -0.15) is 0 Å². The molecule has 0 aliphatic rings. The van der Waals surface area contributed by atoms with E-state index >= 15 is 0 Å². The molecule has 0 saturated carbocycles. The standard InChI is InChI=1S/C12H16N2O2S/c1-3-4-13-6-10-12(16-8-14-10)11-5-9(15-2)7-17-11/h5,7-8,13H,3-4,6H2,1-2H3. The van der Waals surface area contributed by atoms with Crippen LogP contribution in [0.25, 0.3) is 10.6 Å². The summed E-state index contributed by atoms with van der Waals surface area (Å²) in [7, 11) is 1.66. The highest BCUT2D eigenvalue weighted by molar-refractivity contribution is 7.13. The SMILES string of the molecule is CCCNCc1ncoc1-c1cc(OC)cs1. The molecule has 0 amide bonds. The second-order valence-corrected chi connectivity index (χ2v) is 4.57. The van der Waals surface area contributed by atoms with Crippen LogP contribution in [0.15, 0.2) is 22.3 Å². The summed E-state index contributed by atoms with van der Waals surface area (Å²) in [5.41, 5.74) is 0.947. The lowest BCUT2D eigenvalue weighted by molar-refractivity contribution is 0.416. The van der Waals surface area contributed by atoms with E-state index in [4.69, 9.17) is 9.15 Å².